The first-order chi connectivity index (χ1) is 9.28. The fourth-order valence-corrected chi connectivity index (χ4v) is 4.12. The predicted octanol–water partition coefficient (Wildman–Crippen LogP) is 3.42. The highest BCUT2D eigenvalue weighted by atomic mass is 16.7. The highest BCUT2D eigenvalue weighted by molar-refractivity contribution is 5.53. The van der Waals surface area contributed by atoms with Crippen molar-refractivity contribution in [3.8, 4) is 0 Å². The maximum Gasteiger partial charge on any atom is 0.159 e. The van der Waals surface area contributed by atoms with Crippen molar-refractivity contribution >= 4 is 6.29 Å². The Morgan fingerprint density at radius 2 is 1.32 bits per heavy atom. The van der Waals surface area contributed by atoms with Gasteiger partial charge in [0.15, 0.2) is 6.29 Å². The van der Waals surface area contributed by atoms with Gasteiger partial charge in [0.2, 0.25) is 0 Å². The molecular weight excluding hydrogens is 240 g/mol. The van der Waals surface area contributed by atoms with Crippen molar-refractivity contribution < 1.29 is 14.3 Å². The van der Waals surface area contributed by atoms with Gasteiger partial charge in [0, 0.05) is 26.1 Å². The fourth-order valence-electron chi connectivity index (χ4n) is 4.12. The Labute approximate surface area is 117 Å². The first-order valence-electron chi connectivity index (χ1n) is 7.79. The molecule has 0 spiro atoms. The summed E-state index contributed by atoms with van der Waals surface area (Å²) >= 11 is 0. The van der Waals surface area contributed by atoms with Gasteiger partial charge in [0.1, 0.15) is 6.29 Å². The smallest absolute Gasteiger partial charge is 0.159 e. The molecule has 0 heterocycles. The Kier molecular flexibility index (Phi) is 5.83. The summed E-state index contributed by atoms with van der Waals surface area (Å²) in [4.78, 5) is 10.8. The van der Waals surface area contributed by atoms with Crippen LogP contribution in [0, 0.1) is 23.7 Å². The number of carbonyl (C=O) groups excluding carboxylic acids is 1. The number of rotatable bonds is 5. The molecule has 2 rings (SSSR count). The van der Waals surface area contributed by atoms with E-state index in [1.165, 1.54) is 38.5 Å². The van der Waals surface area contributed by atoms with Crippen LogP contribution in [0.15, 0.2) is 0 Å². The minimum atomic E-state index is -0.0215. The molecule has 0 saturated heterocycles. The normalized spacial score (nSPS) is 36.4. The molecule has 0 aliphatic heterocycles. The van der Waals surface area contributed by atoms with Gasteiger partial charge in [-0.1, -0.05) is 0 Å². The lowest BCUT2D eigenvalue weighted by molar-refractivity contribution is -0.147. The molecule has 0 bridgehead atoms. The van der Waals surface area contributed by atoms with Gasteiger partial charge in [-0.15, -0.1) is 0 Å². The Morgan fingerprint density at radius 3 is 1.74 bits per heavy atom. The molecular formula is C16H28O3. The highest BCUT2D eigenvalue weighted by Crippen LogP contribution is 2.41. The molecule has 0 N–H and O–H groups in total. The first kappa shape index (κ1) is 15.0. The SMILES string of the molecule is COC(OC)C1CCC(C2CCC(C=O)CC2)CC1. The van der Waals surface area contributed by atoms with Crippen LogP contribution in [0.25, 0.3) is 0 Å². The monoisotopic (exact) mass is 268 g/mol. The number of carbonyl (C=O) groups is 1. The Balaban J connectivity index is 1.76. The standard InChI is InChI=1S/C16H28O3/c1-18-16(19-2)15-9-7-14(8-10-15)13-5-3-12(11-17)4-6-13/h11-16H,3-10H2,1-2H3. The van der Waals surface area contributed by atoms with Crippen LogP contribution in [0.2, 0.25) is 0 Å². The number of hydrogen-bond donors (Lipinski definition) is 0. The molecule has 19 heavy (non-hydrogen) atoms. The van der Waals surface area contributed by atoms with Crippen molar-refractivity contribution in [1.29, 1.82) is 0 Å². The third-order valence-corrected chi connectivity index (χ3v) is 5.34. The Hall–Kier alpha value is -0.410. The maximum absolute atomic E-state index is 10.8. The lowest BCUT2D eigenvalue weighted by Crippen LogP contribution is -2.32. The van der Waals surface area contributed by atoms with E-state index < -0.39 is 0 Å². The van der Waals surface area contributed by atoms with Gasteiger partial charge in [-0.2, -0.15) is 0 Å². The summed E-state index contributed by atoms with van der Waals surface area (Å²) in [5, 5.41) is 0. The van der Waals surface area contributed by atoms with E-state index in [1.807, 2.05) is 0 Å². The first-order valence-corrected chi connectivity index (χ1v) is 7.79. The summed E-state index contributed by atoms with van der Waals surface area (Å²) in [6.07, 6.45) is 11.0. The van der Waals surface area contributed by atoms with Crippen molar-refractivity contribution in [2.45, 2.75) is 57.7 Å². The van der Waals surface area contributed by atoms with Crippen LogP contribution < -0.4 is 0 Å². The molecule has 2 fully saturated rings. The zero-order valence-electron chi connectivity index (χ0n) is 12.3. The second-order valence-corrected chi connectivity index (χ2v) is 6.33. The van der Waals surface area contributed by atoms with E-state index in [1.54, 1.807) is 14.2 Å². The third kappa shape index (κ3) is 3.79. The van der Waals surface area contributed by atoms with Crippen LogP contribution in [0.3, 0.4) is 0 Å². The van der Waals surface area contributed by atoms with E-state index in [9.17, 15) is 4.79 Å². The van der Waals surface area contributed by atoms with Gasteiger partial charge in [0.25, 0.3) is 0 Å². The molecule has 0 amide bonds. The topological polar surface area (TPSA) is 35.5 Å². The van der Waals surface area contributed by atoms with Gasteiger partial charge >= 0.3 is 0 Å². The summed E-state index contributed by atoms with van der Waals surface area (Å²) in [7, 11) is 3.47. The zero-order chi connectivity index (χ0) is 13.7. The summed E-state index contributed by atoms with van der Waals surface area (Å²) in [5.74, 6) is 2.65. The molecule has 2 saturated carbocycles. The molecule has 3 nitrogen and oxygen atoms in total. The van der Waals surface area contributed by atoms with Crippen LogP contribution >= 0.6 is 0 Å². The number of hydrogen-bond acceptors (Lipinski definition) is 3. The summed E-state index contributed by atoms with van der Waals surface area (Å²) in [6.45, 7) is 0. The minimum Gasteiger partial charge on any atom is -0.356 e. The molecule has 0 unspecified atom stereocenters. The largest absolute Gasteiger partial charge is 0.356 e. The van der Waals surface area contributed by atoms with Crippen molar-refractivity contribution in [2.75, 3.05) is 14.2 Å². The zero-order valence-corrected chi connectivity index (χ0v) is 12.3. The predicted molar refractivity (Wildman–Crippen MR) is 74.8 cm³/mol. The molecule has 2 aliphatic carbocycles. The van der Waals surface area contributed by atoms with E-state index in [0.29, 0.717) is 11.8 Å². The van der Waals surface area contributed by atoms with Crippen LogP contribution in [-0.2, 0) is 14.3 Å². The second-order valence-electron chi connectivity index (χ2n) is 6.33. The van der Waals surface area contributed by atoms with E-state index in [4.69, 9.17) is 9.47 Å². The summed E-state index contributed by atoms with van der Waals surface area (Å²) in [5.41, 5.74) is 0. The van der Waals surface area contributed by atoms with E-state index >= 15 is 0 Å². The Morgan fingerprint density at radius 1 is 0.842 bits per heavy atom. The average Bonchev–Trinajstić information content (AvgIpc) is 2.49. The van der Waals surface area contributed by atoms with Crippen molar-refractivity contribution in [1.82, 2.24) is 0 Å². The van der Waals surface area contributed by atoms with Crippen molar-refractivity contribution in [3.63, 3.8) is 0 Å². The molecule has 3 heteroatoms. The van der Waals surface area contributed by atoms with Gasteiger partial charge in [-0.3, -0.25) is 0 Å². The van der Waals surface area contributed by atoms with E-state index in [0.717, 1.165) is 31.0 Å². The number of aldehydes is 1. The fraction of sp³-hybridized carbons (Fsp3) is 0.938. The van der Waals surface area contributed by atoms with Gasteiger partial charge in [0.05, 0.1) is 0 Å². The van der Waals surface area contributed by atoms with Crippen molar-refractivity contribution in [3.05, 3.63) is 0 Å². The van der Waals surface area contributed by atoms with Gasteiger partial charge in [-0.25, -0.2) is 0 Å². The van der Waals surface area contributed by atoms with E-state index in [2.05, 4.69) is 0 Å². The quantitative estimate of drug-likeness (QED) is 0.566. The number of methoxy groups -OCH3 is 2. The maximum atomic E-state index is 10.8. The number of ether oxygens (including phenoxy) is 2. The lowest BCUT2D eigenvalue weighted by atomic mass is 9.69. The lowest BCUT2D eigenvalue weighted by Gasteiger charge is -2.38. The highest BCUT2D eigenvalue weighted by Gasteiger charge is 2.33. The molecule has 0 aromatic rings. The van der Waals surface area contributed by atoms with Crippen LogP contribution in [0.1, 0.15) is 51.4 Å². The Bertz CT molecular complexity index is 259. The molecule has 0 aromatic carbocycles. The van der Waals surface area contributed by atoms with Gasteiger partial charge < -0.3 is 14.3 Å². The summed E-state index contributed by atoms with van der Waals surface area (Å²) in [6, 6.07) is 0. The van der Waals surface area contributed by atoms with Crippen molar-refractivity contribution in [2.24, 2.45) is 23.7 Å². The van der Waals surface area contributed by atoms with E-state index in [-0.39, 0.29) is 6.29 Å². The third-order valence-electron chi connectivity index (χ3n) is 5.34. The molecule has 0 radical (unpaired) electrons. The van der Waals surface area contributed by atoms with Gasteiger partial charge in [-0.05, 0) is 63.2 Å². The van der Waals surface area contributed by atoms with Crippen LogP contribution in [-0.4, -0.2) is 26.8 Å². The second kappa shape index (κ2) is 7.39. The minimum absolute atomic E-state index is 0.0215. The van der Waals surface area contributed by atoms with Crippen LogP contribution in [0.4, 0.5) is 0 Å². The van der Waals surface area contributed by atoms with Crippen LogP contribution in [0.5, 0.6) is 0 Å². The molecule has 110 valence electrons. The molecule has 0 atom stereocenters. The molecule has 2 aliphatic rings. The average molecular weight is 268 g/mol. The summed E-state index contributed by atoms with van der Waals surface area (Å²) < 4.78 is 10.8. The molecule has 0 aromatic heterocycles.